The number of anilines is 2. The number of nitrogens with one attached hydrogen (secondary N) is 1. The Balaban J connectivity index is 1.71. The molecule has 0 spiro atoms. The van der Waals surface area contributed by atoms with Crippen molar-refractivity contribution < 1.29 is 4.39 Å². The fraction of sp³-hybridized carbons (Fsp3) is 0.600. The number of hydrogen-bond acceptors (Lipinski definition) is 3. The largest absolute Gasteiger partial charge is 0.397 e. The maximum Gasteiger partial charge on any atom is 0.125 e. The number of likely N-dealkylation sites (tertiary alicyclic amines) is 1. The second-order valence-corrected chi connectivity index (χ2v) is 5.39. The van der Waals surface area contributed by atoms with Gasteiger partial charge in [-0.05, 0) is 50.9 Å². The number of benzene rings is 1. The predicted octanol–water partition coefficient (Wildman–Crippen LogP) is 3.08. The minimum atomic E-state index is -0.287. The number of nitrogen functional groups attached to an aromatic ring is 1. The molecule has 1 unspecified atom stereocenters. The molecular weight excluding hydrogens is 241 g/mol. The van der Waals surface area contributed by atoms with Crippen molar-refractivity contribution in [2.24, 2.45) is 0 Å². The number of halogens is 1. The van der Waals surface area contributed by atoms with Crippen LogP contribution in [-0.2, 0) is 0 Å². The van der Waals surface area contributed by atoms with Crippen molar-refractivity contribution in [3.63, 3.8) is 0 Å². The summed E-state index contributed by atoms with van der Waals surface area (Å²) in [4.78, 5) is 2.55. The molecule has 3 N–H and O–H groups in total. The van der Waals surface area contributed by atoms with Gasteiger partial charge in [-0.1, -0.05) is 6.42 Å². The zero-order chi connectivity index (χ0) is 13.7. The van der Waals surface area contributed by atoms with E-state index in [2.05, 4.69) is 17.1 Å². The first kappa shape index (κ1) is 14.1. The summed E-state index contributed by atoms with van der Waals surface area (Å²) in [6.45, 7) is 5.53. The van der Waals surface area contributed by atoms with Gasteiger partial charge in [0.2, 0.25) is 0 Å². The molecule has 0 radical (unpaired) electrons. The quantitative estimate of drug-likeness (QED) is 0.635. The maximum atomic E-state index is 12.9. The van der Waals surface area contributed by atoms with Gasteiger partial charge in [0, 0.05) is 19.1 Å². The molecule has 0 bridgehead atoms. The summed E-state index contributed by atoms with van der Waals surface area (Å²) < 4.78 is 12.9. The minimum Gasteiger partial charge on any atom is -0.397 e. The highest BCUT2D eigenvalue weighted by Gasteiger charge is 2.16. The van der Waals surface area contributed by atoms with E-state index in [4.69, 9.17) is 5.73 Å². The Morgan fingerprint density at radius 2 is 2.26 bits per heavy atom. The van der Waals surface area contributed by atoms with Gasteiger partial charge in [0.25, 0.3) is 0 Å². The molecule has 1 aromatic rings. The van der Waals surface area contributed by atoms with Crippen LogP contribution in [0.25, 0.3) is 0 Å². The summed E-state index contributed by atoms with van der Waals surface area (Å²) in [6.07, 6.45) is 5.09. The van der Waals surface area contributed by atoms with Gasteiger partial charge < -0.3 is 16.0 Å². The average Bonchev–Trinajstić information content (AvgIpc) is 2.38. The van der Waals surface area contributed by atoms with Crippen molar-refractivity contribution in [3.8, 4) is 0 Å². The first-order valence-corrected chi connectivity index (χ1v) is 7.20. The molecule has 0 saturated carbocycles. The molecule has 1 aliphatic heterocycles. The van der Waals surface area contributed by atoms with E-state index in [0.29, 0.717) is 11.7 Å². The van der Waals surface area contributed by atoms with Crippen LogP contribution in [0.2, 0.25) is 0 Å². The third kappa shape index (κ3) is 4.10. The average molecular weight is 265 g/mol. The van der Waals surface area contributed by atoms with Crippen LogP contribution >= 0.6 is 0 Å². The second-order valence-electron chi connectivity index (χ2n) is 5.39. The molecule has 0 aliphatic carbocycles. The topological polar surface area (TPSA) is 41.3 Å². The van der Waals surface area contributed by atoms with Crippen molar-refractivity contribution in [3.05, 3.63) is 24.0 Å². The molecule has 1 saturated heterocycles. The summed E-state index contributed by atoms with van der Waals surface area (Å²) in [5, 5.41) is 3.28. The molecule has 1 atom stereocenters. The number of piperidine rings is 1. The van der Waals surface area contributed by atoms with Gasteiger partial charge in [-0.3, -0.25) is 0 Å². The van der Waals surface area contributed by atoms with Crippen LogP contribution < -0.4 is 11.1 Å². The van der Waals surface area contributed by atoms with E-state index in [0.717, 1.165) is 25.2 Å². The number of hydrogen-bond donors (Lipinski definition) is 2. The molecule has 0 aromatic heterocycles. The lowest BCUT2D eigenvalue weighted by Gasteiger charge is -2.33. The Hall–Kier alpha value is -1.29. The van der Waals surface area contributed by atoms with Gasteiger partial charge in [0.15, 0.2) is 0 Å². The molecule has 3 nitrogen and oxygen atoms in total. The van der Waals surface area contributed by atoms with Gasteiger partial charge in [-0.2, -0.15) is 0 Å². The molecule has 1 aromatic carbocycles. The van der Waals surface area contributed by atoms with Crippen LogP contribution in [0, 0.1) is 5.82 Å². The summed E-state index contributed by atoms with van der Waals surface area (Å²) in [5.41, 5.74) is 7.06. The fourth-order valence-corrected chi connectivity index (χ4v) is 2.69. The third-order valence-corrected chi connectivity index (χ3v) is 3.89. The first-order valence-electron chi connectivity index (χ1n) is 7.20. The minimum absolute atomic E-state index is 0.287. The van der Waals surface area contributed by atoms with Crippen LogP contribution in [0.1, 0.15) is 32.6 Å². The molecule has 1 aliphatic rings. The van der Waals surface area contributed by atoms with E-state index in [-0.39, 0.29) is 5.82 Å². The summed E-state index contributed by atoms with van der Waals surface area (Å²) in [7, 11) is 0. The SMILES string of the molecule is CC1CCCCN1CCCNc1ccc(F)cc1N. The molecule has 0 amide bonds. The van der Waals surface area contributed by atoms with Crippen molar-refractivity contribution in [2.45, 2.75) is 38.6 Å². The van der Waals surface area contributed by atoms with E-state index in [1.807, 2.05) is 0 Å². The molecule has 4 heteroatoms. The van der Waals surface area contributed by atoms with E-state index in [1.54, 1.807) is 6.07 Å². The van der Waals surface area contributed by atoms with Crippen molar-refractivity contribution in [1.29, 1.82) is 0 Å². The van der Waals surface area contributed by atoms with Crippen LogP contribution in [0.4, 0.5) is 15.8 Å². The van der Waals surface area contributed by atoms with Gasteiger partial charge >= 0.3 is 0 Å². The molecular formula is C15H24FN3. The van der Waals surface area contributed by atoms with E-state index < -0.39 is 0 Å². The Kier molecular flexibility index (Phi) is 5.02. The molecule has 19 heavy (non-hydrogen) atoms. The lowest BCUT2D eigenvalue weighted by Crippen LogP contribution is -2.38. The summed E-state index contributed by atoms with van der Waals surface area (Å²) in [5.74, 6) is -0.287. The van der Waals surface area contributed by atoms with Gasteiger partial charge in [0.1, 0.15) is 5.82 Å². The zero-order valence-corrected chi connectivity index (χ0v) is 11.7. The van der Waals surface area contributed by atoms with E-state index in [1.165, 1.54) is 37.9 Å². The number of rotatable bonds is 5. The Morgan fingerprint density at radius 1 is 1.42 bits per heavy atom. The van der Waals surface area contributed by atoms with Crippen LogP contribution in [0.5, 0.6) is 0 Å². The highest BCUT2D eigenvalue weighted by Crippen LogP contribution is 2.19. The van der Waals surface area contributed by atoms with Gasteiger partial charge in [-0.25, -0.2) is 4.39 Å². The highest BCUT2D eigenvalue weighted by atomic mass is 19.1. The lowest BCUT2D eigenvalue weighted by molar-refractivity contribution is 0.160. The lowest BCUT2D eigenvalue weighted by atomic mass is 10.0. The van der Waals surface area contributed by atoms with Crippen LogP contribution in [-0.4, -0.2) is 30.6 Å². The second kappa shape index (κ2) is 6.75. The fourth-order valence-electron chi connectivity index (χ4n) is 2.69. The highest BCUT2D eigenvalue weighted by molar-refractivity contribution is 5.65. The van der Waals surface area contributed by atoms with Crippen molar-refractivity contribution >= 4 is 11.4 Å². The monoisotopic (exact) mass is 265 g/mol. The third-order valence-electron chi connectivity index (χ3n) is 3.89. The summed E-state index contributed by atoms with van der Waals surface area (Å²) in [6, 6.07) is 5.21. The molecule has 1 fully saturated rings. The van der Waals surface area contributed by atoms with E-state index >= 15 is 0 Å². The smallest absolute Gasteiger partial charge is 0.125 e. The Morgan fingerprint density at radius 3 is 3.00 bits per heavy atom. The van der Waals surface area contributed by atoms with E-state index in [9.17, 15) is 4.39 Å². The summed E-state index contributed by atoms with van der Waals surface area (Å²) >= 11 is 0. The van der Waals surface area contributed by atoms with Crippen molar-refractivity contribution in [1.82, 2.24) is 4.90 Å². The first-order chi connectivity index (χ1) is 9.16. The zero-order valence-electron chi connectivity index (χ0n) is 11.7. The van der Waals surface area contributed by atoms with Crippen LogP contribution in [0.3, 0.4) is 0 Å². The molecule has 2 rings (SSSR count). The van der Waals surface area contributed by atoms with Gasteiger partial charge in [-0.15, -0.1) is 0 Å². The number of nitrogens with two attached hydrogens (primary N) is 1. The molecule has 106 valence electrons. The Labute approximate surface area is 115 Å². The van der Waals surface area contributed by atoms with Gasteiger partial charge in [0.05, 0.1) is 11.4 Å². The predicted molar refractivity (Wildman–Crippen MR) is 78.8 cm³/mol. The normalized spacial score (nSPS) is 20.4. The molecule has 1 heterocycles. The van der Waals surface area contributed by atoms with Crippen LogP contribution in [0.15, 0.2) is 18.2 Å². The maximum absolute atomic E-state index is 12.9. The Bertz CT molecular complexity index is 408. The standard InChI is InChI=1S/C15H24FN3/c1-12-5-2-3-9-19(12)10-4-8-18-15-7-6-13(16)11-14(15)17/h6-7,11-12,18H,2-5,8-10,17H2,1H3. The number of nitrogens with zero attached hydrogens (tertiary/aromatic N) is 1. The van der Waals surface area contributed by atoms with Crippen molar-refractivity contribution in [2.75, 3.05) is 30.7 Å².